The SMILES string of the molecule is CCCCC/C=C\C/C=C\C/C=C\C/C=C\C/C=C\CCC(=O)O[C@H](COC(=O)CCC/C=C\C/C=C\C/C=C\C/C=C\CCCCC)COP(=O)(O)OC[C@@H](O)COP(=O)(O)OC[C@@H](COC(=O)CCCCCCC/C=C\CCCCCC)OC(=O)CC/C=C\C/C=C\C/C=C\C/C=C\C/C=C\CCCCC. The quantitative estimate of drug-likeness (QED) is 0.0169. The van der Waals surface area contributed by atoms with E-state index in [0.717, 1.165) is 116 Å². The highest BCUT2D eigenvalue weighted by Crippen LogP contribution is 2.45. The van der Waals surface area contributed by atoms with Gasteiger partial charge in [0.1, 0.15) is 19.3 Å². The number of hydrogen-bond donors (Lipinski definition) is 3. The Morgan fingerprint density at radius 2 is 0.481 bits per heavy atom. The lowest BCUT2D eigenvalue weighted by Crippen LogP contribution is -2.30. The van der Waals surface area contributed by atoms with Gasteiger partial charge in [0.15, 0.2) is 12.2 Å². The Kier molecular flexibility index (Phi) is 75.0. The molecule has 5 atom stereocenters. The van der Waals surface area contributed by atoms with E-state index in [1.807, 2.05) is 48.6 Å². The lowest BCUT2D eigenvalue weighted by molar-refractivity contribution is -0.161. The third-order valence-electron chi connectivity index (χ3n) is 16.3. The molecule has 0 aromatic rings. The van der Waals surface area contributed by atoms with Crippen molar-refractivity contribution in [2.75, 3.05) is 39.6 Å². The molecule has 2 unspecified atom stereocenters. The fourth-order valence-electron chi connectivity index (χ4n) is 10.1. The van der Waals surface area contributed by atoms with Crippen molar-refractivity contribution >= 4 is 39.5 Å². The molecular formula is C89H144O17P2. The molecule has 19 heteroatoms. The second-order valence-electron chi connectivity index (χ2n) is 26.6. The summed E-state index contributed by atoms with van der Waals surface area (Å²) in [6, 6.07) is 0. The molecule has 0 aliphatic rings. The third kappa shape index (κ3) is 78.3. The van der Waals surface area contributed by atoms with E-state index in [0.29, 0.717) is 44.9 Å². The zero-order valence-corrected chi connectivity index (χ0v) is 68.7. The molecule has 0 spiro atoms. The zero-order valence-electron chi connectivity index (χ0n) is 66.9. The van der Waals surface area contributed by atoms with Gasteiger partial charge in [0.25, 0.3) is 0 Å². The predicted molar refractivity (Wildman–Crippen MR) is 445 cm³/mol. The van der Waals surface area contributed by atoms with Crippen LogP contribution in [-0.2, 0) is 65.4 Å². The standard InChI is InChI=1S/C89H144O17P2/c1-5-9-13-17-21-25-29-33-36-39-41-44-47-51-55-59-63-67-71-75-88(93)105-84(79-99-86(91)73-69-65-61-57-53-49-32-28-24-20-16-12-8-4)81-103-107(95,96)101-77-83(90)78-102-108(97,98)104-82-85(80-100-87(92)74-70-66-62-58-54-50-46-43-38-35-31-27-23-19-15-11-7-3)106-89(94)76-72-68-64-60-56-52-48-45-42-40-37-34-30-26-22-18-14-10-6-2/h21-23,25-28,32-38,41-42,44-46,50-52,55-56,58,62-64,67-68,83-85,90H,5-20,24,29-31,39-40,43,47-49,53-54,57,59-61,65-66,69-82H2,1-4H3,(H,95,96)(H,97,98)/b25-21-,26-22-,27-23-,32-28-,36-33-,37-34-,38-35-,44-41-,45-42-,50-46-,55-51-,56-52-,62-58-,67-63-,68-64-/t83-,84+,85+/m0/s1. The highest BCUT2D eigenvalue weighted by atomic mass is 31.2. The molecule has 0 bridgehead atoms. The van der Waals surface area contributed by atoms with Gasteiger partial charge >= 0.3 is 39.5 Å². The van der Waals surface area contributed by atoms with Crippen molar-refractivity contribution in [3.63, 3.8) is 0 Å². The van der Waals surface area contributed by atoms with Crippen LogP contribution in [0.1, 0.15) is 297 Å². The summed E-state index contributed by atoms with van der Waals surface area (Å²) in [6.07, 6.45) is 96.2. The van der Waals surface area contributed by atoms with Gasteiger partial charge in [0.05, 0.1) is 26.4 Å². The molecule has 0 amide bonds. The Morgan fingerprint density at radius 1 is 0.259 bits per heavy atom. The minimum absolute atomic E-state index is 0.0394. The van der Waals surface area contributed by atoms with Gasteiger partial charge in [-0.15, -0.1) is 0 Å². The van der Waals surface area contributed by atoms with Crippen molar-refractivity contribution in [2.45, 2.75) is 316 Å². The fraction of sp³-hybridized carbons (Fsp3) is 0.618. The van der Waals surface area contributed by atoms with Crippen LogP contribution in [0.25, 0.3) is 0 Å². The van der Waals surface area contributed by atoms with Gasteiger partial charge in [-0.25, -0.2) is 9.13 Å². The molecule has 108 heavy (non-hydrogen) atoms. The summed E-state index contributed by atoms with van der Waals surface area (Å²) in [5, 5.41) is 10.6. The first kappa shape index (κ1) is 102. The number of carbonyl (C=O) groups excluding carboxylic acids is 4. The minimum atomic E-state index is -5.03. The van der Waals surface area contributed by atoms with Crippen LogP contribution in [-0.4, -0.2) is 96.7 Å². The smallest absolute Gasteiger partial charge is 0.462 e. The van der Waals surface area contributed by atoms with Gasteiger partial charge in [-0.05, 0) is 167 Å². The number of esters is 4. The van der Waals surface area contributed by atoms with Crippen LogP contribution in [0, 0.1) is 0 Å². The lowest BCUT2D eigenvalue weighted by atomic mass is 10.1. The Morgan fingerprint density at radius 3 is 0.796 bits per heavy atom. The summed E-state index contributed by atoms with van der Waals surface area (Å²) in [6.45, 7) is 4.51. The van der Waals surface area contributed by atoms with Crippen molar-refractivity contribution in [1.29, 1.82) is 0 Å². The Labute approximate surface area is 654 Å². The molecular weight excluding hydrogens is 1400 g/mol. The van der Waals surface area contributed by atoms with Crippen molar-refractivity contribution in [3.8, 4) is 0 Å². The van der Waals surface area contributed by atoms with Crippen LogP contribution in [0.5, 0.6) is 0 Å². The molecule has 612 valence electrons. The molecule has 0 radical (unpaired) electrons. The monoisotopic (exact) mass is 1550 g/mol. The van der Waals surface area contributed by atoms with E-state index in [1.165, 1.54) is 83.5 Å². The van der Waals surface area contributed by atoms with Crippen LogP contribution in [0.4, 0.5) is 0 Å². The number of aliphatic hydroxyl groups is 1. The summed E-state index contributed by atoms with van der Waals surface area (Å²) < 4.78 is 68.4. The summed E-state index contributed by atoms with van der Waals surface area (Å²) in [5.74, 6) is -2.46. The number of ether oxygens (including phenoxy) is 4. The maximum atomic E-state index is 13.1. The number of unbranched alkanes of at least 4 members (excludes halogenated alkanes) is 19. The minimum Gasteiger partial charge on any atom is -0.462 e. The molecule has 0 rings (SSSR count). The molecule has 0 saturated heterocycles. The summed E-state index contributed by atoms with van der Waals surface area (Å²) in [4.78, 5) is 73.0. The molecule has 0 saturated carbocycles. The molecule has 17 nitrogen and oxygen atoms in total. The molecule has 0 aliphatic carbocycles. The maximum absolute atomic E-state index is 13.1. The van der Waals surface area contributed by atoms with Crippen LogP contribution in [0.3, 0.4) is 0 Å². The third-order valence-corrected chi connectivity index (χ3v) is 18.2. The van der Waals surface area contributed by atoms with E-state index >= 15 is 0 Å². The summed E-state index contributed by atoms with van der Waals surface area (Å²) >= 11 is 0. The average Bonchev–Trinajstić information content (AvgIpc) is 0.898. The topological polar surface area (TPSA) is 237 Å². The van der Waals surface area contributed by atoms with Gasteiger partial charge in [-0.1, -0.05) is 287 Å². The van der Waals surface area contributed by atoms with E-state index in [2.05, 4.69) is 161 Å². The van der Waals surface area contributed by atoms with Gasteiger partial charge in [-0.3, -0.25) is 37.3 Å². The number of hydrogen-bond acceptors (Lipinski definition) is 15. The normalized spacial score (nSPS) is 14.8. The predicted octanol–water partition coefficient (Wildman–Crippen LogP) is 24.3. The van der Waals surface area contributed by atoms with Gasteiger partial charge in [0.2, 0.25) is 0 Å². The maximum Gasteiger partial charge on any atom is 0.472 e. The van der Waals surface area contributed by atoms with Crippen LogP contribution < -0.4 is 0 Å². The Hall–Kier alpha value is -5.84. The van der Waals surface area contributed by atoms with Crippen LogP contribution >= 0.6 is 15.6 Å². The summed E-state index contributed by atoms with van der Waals surface area (Å²) in [5.41, 5.74) is 0. The zero-order chi connectivity index (χ0) is 78.9. The lowest BCUT2D eigenvalue weighted by Gasteiger charge is -2.21. The van der Waals surface area contributed by atoms with Crippen molar-refractivity contribution in [1.82, 2.24) is 0 Å². The molecule has 0 fully saturated rings. The fourth-order valence-corrected chi connectivity index (χ4v) is 11.6. The highest BCUT2D eigenvalue weighted by molar-refractivity contribution is 7.47. The van der Waals surface area contributed by atoms with Crippen molar-refractivity contribution < 1.29 is 80.2 Å². The number of carbonyl (C=O) groups is 4. The first-order chi connectivity index (χ1) is 52.7. The molecule has 0 aromatic heterocycles. The number of phosphoric ester groups is 2. The largest absolute Gasteiger partial charge is 0.472 e. The number of phosphoric acid groups is 2. The van der Waals surface area contributed by atoms with E-state index in [-0.39, 0.29) is 25.7 Å². The summed E-state index contributed by atoms with van der Waals surface area (Å²) in [7, 11) is -10.0. The number of aliphatic hydroxyl groups excluding tert-OH is 1. The van der Waals surface area contributed by atoms with Gasteiger partial charge < -0.3 is 33.8 Å². The first-order valence-electron chi connectivity index (χ1n) is 41.0. The molecule has 0 aliphatic heterocycles. The van der Waals surface area contributed by atoms with Crippen molar-refractivity contribution in [2.24, 2.45) is 0 Å². The first-order valence-corrected chi connectivity index (χ1v) is 44.0. The van der Waals surface area contributed by atoms with E-state index in [1.54, 1.807) is 0 Å². The van der Waals surface area contributed by atoms with Gasteiger partial charge in [-0.2, -0.15) is 0 Å². The van der Waals surface area contributed by atoms with E-state index in [4.69, 9.17) is 37.0 Å². The Balaban J connectivity index is 5.58. The number of allylic oxidation sites excluding steroid dienone is 30. The van der Waals surface area contributed by atoms with Crippen LogP contribution in [0.2, 0.25) is 0 Å². The second kappa shape index (κ2) is 79.3. The molecule has 0 heterocycles. The second-order valence-corrected chi connectivity index (χ2v) is 29.5. The van der Waals surface area contributed by atoms with Gasteiger partial charge in [0, 0.05) is 25.7 Å². The Bertz CT molecular complexity index is 2760. The van der Waals surface area contributed by atoms with E-state index < -0.39 is 97.5 Å². The van der Waals surface area contributed by atoms with Crippen molar-refractivity contribution in [3.05, 3.63) is 182 Å². The molecule has 0 aromatic carbocycles. The van der Waals surface area contributed by atoms with Crippen LogP contribution in [0.15, 0.2) is 182 Å². The highest BCUT2D eigenvalue weighted by Gasteiger charge is 2.30. The molecule has 3 N–H and O–H groups in total. The number of rotatable bonds is 75. The van der Waals surface area contributed by atoms with E-state index in [9.17, 15) is 43.2 Å². The average molecular weight is 1550 g/mol.